The predicted molar refractivity (Wildman–Crippen MR) is 117 cm³/mol. The summed E-state index contributed by atoms with van der Waals surface area (Å²) in [6.45, 7) is 1.16. The minimum absolute atomic E-state index is 0.146. The molecular weight excluding hydrogens is 468 g/mol. The molecule has 30 heavy (non-hydrogen) atoms. The van der Waals surface area contributed by atoms with Gasteiger partial charge in [-0.2, -0.15) is 9.29 Å². The van der Waals surface area contributed by atoms with E-state index in [1.165, 1.54) is 4.31 Å². The fraction of sp³-hybridized carbons (Fsp3) is 0.333. The van der Waals surface area contributed by atoms with Crippen LogP contribution in [0.1, 0.15) is 24.3 Å². The van der Waals surface area contributed by atoms with E-state index in [0.717, 1.165) is 22.9 Å². The van der Waals surface area contributed by atoms with Crippen LogP contribution >= 0.6 is 15.9 Å². The smallest absolute Gasteiger partial charge is 0.243 e. The summed E-state index contributed by atoms with van der Waals surface area (Å²) in [6.07, 6.45) is 2.98. The average Bonchev–Trinajstić information content (AvgIpc) is 3.42. The molecule has 2 N–H and O–H groups in total. The Labute approximate surface area is 184 Å². The summed E-state index contributed by atoms with van der Waals surface area (Å²) in [5.74, 6) is 0.884. The lowest BCUT2D eigenvalue weighted by Gasteiger charge is -2.15. The minimum Gasteiger partial charge on any atom is -0.339 e. The van der Waals surface area contributed by atoms with Crippen molar-refractivity contribution in [3.63, 3.8) is 0 Å². The van der Waals surface area contributed by atoms with Crippen LogP contribution in [0.2, 0.25) is 0 Å². The molecule has 1 aliphatic rings. The van der Waals surface area contributed by atoms with Crippen molar-refractivity contribution in [2.45, 2.75) is 36.6 Å². The molecule has 0 radical (unpaired) electrons. The van der Waals surface area contributed by atoms with Gasteiger partial charge >= 0.3 is 0 Å². The SMILES string of the molecule is N[C@H](Cc1ccc(Br)cc1)Cc1nc(-c2ccc(S(=O)(=O)N3CCCC3)cc2)no1. The summed E-state index contributed by atoms with van der Waals surface area (Å²) in [5.41, 5.74) is 8.08. The van der Waals surface area contributed by atoms with Gasteiger partial charge in [-0.3, -0.25) is 0 Å². The summed E-state index contributed by atoms with van der Waals surface area (Å²) in [6, 6.07) is 14.5. The molecular formula is C21H23BrN4O3S. The van der Waals surface area contributed by atoms with Gasteiger partial charge in [0.2, 0.25) is 21.7 Å². The molecule has 0 bridgehead atoms. The molecule has 0 unspecified atom stereocenters. The zero-order chi connectivity index (χ0) is 21.1. The highest BCUT2D eigenvalue weighted by molar-refractivity contribution is 9.10. The fourth-order valence-corrected chi connectivity index (χ4v) is 5.31. The highest BCUT2D eigenvalue weighted by Crippen LogP contribution is 2.24. The molecule has 7 nitrogen and oxygen atoms in total. The number of halogens is 1. The molecule has 1 atom stereocenters. The highest BCUT2D eigenvalue weighted by atomic mass is 79.9. The van der Waals surface area contributed by atoms with Gasteiger partial charge in [0.05, 0.1) is 4.90 Å². The van der Waals surface area contributed by atoms with E-state index in [2.05, 4.69) is 26.1 Å². The monoisotopic (exact) mass is 490 g/mol. The van der Waals surface area contributed by atoms with Crippen molar-refractivity contribution in [2.75, 3.05) is 13.1 Å². The molecule has 1 aliphatic heterocycles. The lowest BCUT2D eigenvalue weighted by atomic mass is 10.0. The van der Waals surface area contributed by atoms with E-state index in [1.54, 1.807) is 24.3 Å². The van der Waals surface area contributed by atoms with Crippen molar-refractivity contribution in [1.82, 2.24) is 14.4 Å². The summed E-state index contributed by atoms with van der Waals surface area (Å²) in [7, 11) is -3.43. The second-order valence-corrected chi connectivity index (χ2v) is 10.3. The molecule has 0 spiro atoms. The molecule has 3 aromatic rings. The van der Waals surface area contributed by atoms with Crippen molar-refractivity contribution in [3.05, 3.63) is 64.5 Å². The first-order valence-corrected chi connectivity index (χ1v) is 12.1. The van der Waals surface area contributed by atoms with E-state index in [4.69, 9.17) is 10.3 Å². The first kappa shape index (κ1) is 21.2. The Balaban J connectivity index is 1.41. The Morgan fingerprint density at radius 2 is 1.70 bits per heavy atom. The van der Waals surface area contributed by atoms with Gasteiger partial charge in [-0.05, 0) is 61.2 Å². The number of nitrogens with zero attached hydrogens (tertiary/aromatic N) is 3. The minimum atomic E-state index is -3.43. The third kappa shape index (κ3) is 4.80. The van der Waals surface area contributed by atoms with E-state index in [9.17, 15) is 8.42 Å². The van der Waals surface area contributed by atoms with Gasteiger partial charge < -0.3 is 10.3 Å². The van der Waals surface area contributed by atoms with Crippen LogP contribution in [0.15, 0.2) is 62.4 Å². The average molecular weight is 491 g/mol. The Morgan fingerprint density at radius 1 is 1.03 bits per heavy atom. The van der Waals surface area contributed by atoms with Crippen LogP contribution in [0.3, 0.4) is 0 Å². The number of benzene rings is 2. The number of hydrogen-bond acceptors (Lipinski definition) is 6. The lowest BCUT2D eigenvalue weighted by Crippen LogP contribution is -2.27. The van der Waals surface area contributed by atoms with Gasteiger partial charge in [0, 0.05) is 35.6 Å². The third-order valence-electron chi connectivity index (χ3n) is 5.13. The van der Waals surface area contributed by atoms with Crippen molar-refractivity contribution in [3.8, 4) is 11.4 Å². The Kier molecular flexibility index (Phi) is 6.33. The first-order valence-electron chi connectivity index (χ1n) is 9.85. The van der Waals surface area contributed by atoms with Gasteiger partial charge in [0.15, 0.2) is 0 Å². The second kappa shape index (κ2) is 8.97. The molecule has 0 amide bonds. The molecule has 0 aliphatic carbocycles. The van der Waals surface area contributed by atoms with Crippen molar-refractivity contribution in [1.29, 1.82) is 0 Å². The third-order valence-corrected chi connectivity index (χ3v) is 7.57. The topological polar surface area (TPSA) is 102 Å². The van der Waals surface area contributed by atoms with Gasteiger partial charge in [-0.1, -0.05) is 33.2 Å². The quantitative estimate of drug-likeness (QED) is 0.544. The fourth-order valence-electron chi connectivity index (χ4n) is 3.53. The van der Waals surface area contributed by atoms with Gasteiger partial charge in [-0.15, -0.1) is 0 Å². The van der Waals surface area contributed by atoms with E-state index in [0.29, 0.717) is 43.2 Å². The largest absolute Gasteiger partial charge is 0.339 e. The van der Waals surface area contributed by atoms with Crippen LogP contribution in [0.5, 0.6) is 0 Å². The molecule has 1 fully saturated rings. The Bertz CT molecular complexity index is 1090. The molecule has 0 saturated carbocycles. The molecule has 1 saturated heterocycles. The lowest BCUT2D eigenvalue weighted by molar-refractivity contribution is 0.369. The number of nitrogens with two attached hydrogens (primary N) is 1. The van der Waals surface area contributed by atoms with E-state index in [1.807, 2.05) is 24.3 Å². The molecule has 9 heteroatoms. The maximum Gasteiger partial charge on any atom is 0.243 e. The summed E-state index contributed by atoms with van der Waals surface area (Å²) < 4.78 is 33.2. The number of aromatic nitrogens is 2. The molecule has 2 heterocycles. The van der Waals surface area contributed by atoms with Crippen LogP contribution in [-0.4, -0.2) is 42.0 Å². The van der Waals surface area contributed by atoms with Crippen molar-refractivity contribution >= 4 is 26.0 Å². The zero-order valence-corrected chi connectivity index (χ0v) is 18.8. The Morgan fingerprint density at radius 3 is 2.37 bits per heavy atom. The Hall–Kier alpha value is -2.07. The maximum atomic E-state index is 12.6. The van der Waals surface area contributed by atoms with Crippen LogP contribution < -0.4 is 5.73 Å². The summed E-state index contributed by atoms with van der Waals surface area (Å²) in [4.78, 5) is 4.71. The molecule has 4 rings (SSSR count). The molecule has 1 aromatic heterocycles. The van der Waals surface area contributed by atoms with E-state index < -0.39 is 10.0 Å². The standard InChI is InChI=1S/C21H23BrN4O3S/c22-17-7-3-15(4-8-17)13-18(23)14-20-24-21(25-29-20)16-5-9-19(10-6-16)30(27,28)26-11-1-2-12-26/h3-10,18H,1-2,11-14,23H2/t18-/m1/s1. The highest BCUT2D eigenvalue weighted by Gasteiger charge is 2.27. The zero-order valence-electron chi connectivity index (χ0n) is 16.4. The second-order valence-electron chi connectivity index (χ2n) is 7.44. The first-order chi connectivity index (χ1) is 14.4. The number of sulfonamides is 1. The van der Waals surface area contributed by atoms with Crippen LogP contribution in [0.25, 0.3) is 11.4 Å². The molecule has 158 valence electrons. The number of hydrogen-bond donors (Lipinski definition) is 1. The summed E-state index contributed by atoms with van der Waals surface area (Å²) >= 11 is 3.42. The van der Waals surface area contributed by atoms with Crippen molar-refractivity contribution in [2.24, 2.45) is 5.73 Å². The van der Waals surface area contributed by atoms with Crippen molar-refractivity contribution < 1.29 is 12.9 Å². The van der Waals surface area contributed by atoms with E-state index >= 15 is 0 Å². The van der Waals surface area contributed by atoms with Crippen LogP contribution in [0.4, 0.5) is 0 Å². The van der Waals surface area contributed by atoms with E-state index in [-0.39, 0.29) is 10.9 Å². The molecule has 2 aromatic carbocycles. The van der Waals surface area contributed by atoms with Crippen LogP contribution in [-0.2, 0) is 22.9 Å². The van der Waals surface area contributed by atoms with Gasteiger partial charge in [0.1, 0.15) is 0 Å². The number of rotatable bonds is 7. The summed E-state index contributed by atoms with van der Waals surface area (Å²) in [5, 5.41) is 4.02. The normalized spacial score (nSPS) is 16.1. The predicted octanol–water partition coefficient (Wildman–Crippen LogP) is 3.40. The maximum absolute atomic E-state index is 12.6. The van der Waals surface area contributed by atoms with Gasteiger partial charge in [0.25, 0.3) is 0 Å². The van der Waals surface area contributed by atoms with Gasteiger partial charge in [-0.25, -0.2) is 8.42 Å². The van der Waals surface area contributed by atoms with Crippen LogP contribution in [0, 0.1) is 0 Å².